The predicted octanol–water partition coefficient (Wildman–Crippen LogP) is 0.175. The number of aromatic amines is 1. The van der Waals surface area contributed by atoms with Crippen molar-refractivity contribution >= 4 is 10.9 Å². The quantitative estimate of drug-likeness (QED) is 0.757. The molecule has 0 spiro atoms. The Morgan fingerprint density at radius 1 is 1.38 bits per heavy atom. The summed E-state index contributed by atoms with van der Waals surface area (Å²) in [5.74, 6) is 0. The Morgan fingerprint density at radius 2 is 2.12 bits per heavy atom. The molecule has 0 aliphatic carbocycles. The standard InChI is InChI=1S/C11H13N3O2/c1-7-3-4-8-9(5-7)13-11(16)14(6-12-2)10(8)15/h3-5,12H,6H2,1-2H3,(H,13,16). The number of aromatic nitrogens is 2. The lowest BCUT2D eigenvalue weighted by molar-refractivity contribution is 0.574. The highest BCUT2D eigenvalue weighted by molar-refractivity contribution is 5.77. The van der Waals surface area contributed by atoms with Crippen molar-refractivity contribution in [2.24, 2.45) is 0 Å². The summed E-state index contributed by atoms with van der Waals surface area (Å²) < 4.78 is 1.14. The highest BCUT2D eigenvalue weighted by atomic mass is 16.2. The zero-order chi connectivity index (χ0) is 11.7. The fourth-order valence-corrected chi connectivity index (χ4v) is 1.67. The summed E-state index contributed by atoms with van der Waals surface area (Å²) in [6.07, 6.45) is 0. The summed E-state index contributed by atoms with van der Waals surface area (Å²) in [7, 11) is 1.69. The first-order valence-electron chi connectivity index (χ1n) is 5.01. The van der Waals surface area contributed by atoms with Crippen LogP contribution < -0.4 is 16.6 Å². The highest BCUT2D eigenvalue weighted by Crippen LogP contribution is 2.07. The molecule has 1 heterocycles. The van der Waals surface area contributed by atoms with Crippen molar-refractivity contribution in [1.82, 2.24) is 14.9 Å². The Bertz CT molecular complexity index is 640. The Labute approximate surface area is 91.7 Å². The molecule has 16 heavy (non-hydrogen) atoms. The second-order valence-corrected chi connectivity index (χ2v) is 3.72. The van der Waals surface area contributed by atoms with E-state index in [0.29, 0.717) is 10.9 Å². The van der Waals surface area contributed by atoms with Gasteiger partial charge in [-0.15, -0.1) is 0 Å². The number of hydrogen-bond donors (Lipinski definition) is 2. The first-order chi connectivity index (χ1) is 7.63. The third kappa shape index (κ3) is 1.65. The van der Waals surface area contributed by atoms with Crippen LogP contribution in [0.5, 0.6) is 0 Å². The first kappa shape index (κ1) is 10.6. The summed E-state index contributed by atoms with van der Waals surface area (Å²) >= 11 is 0. The summed E-state index contributed by atoms with van der Waals surface area (Å²) in [5, 5.41) is 3.31. The van der Waals surface area contributed by atoms with Crippen LogP contribution in [0.1, 0.15) is 5.56 Å². The summed E-state index contributed by atoms with van der Waals surface area (Å²) in [6, 6.07) is 5.38. The van der Waals surface area contributed by atoms with Crippen molar-refractivity contribution < 1.29 is 0 Å². The molecule has 1 aromatic heterocycles. The SMILES string of the molecule is CNCn1c(=O)[nH]c2cc(C)ccc2c1=O. The molecule has 0 radical (unpaired) electrons. The molecule has 0 saturated heterocycles. The van der Waals surface area contributed by atoms with E-state index < -0.39 is 5.69 Å². The Kier molecular flexibility index (Phi) is 2.62. The summed E-state index contributed by atoms with van der Waals surface area (Å²) in [4.78, 5) is 26.3. The smallest absolute Gasteiger partial charge is 0.307 e. The van der Waals surface area contributed by atoms with Crippen molar-refractivity contribution in [2.75, 3.05) is 7.05 Å². The number of aryl methyl sites for hydroxylation is 1. The molecular weight excluding hydrogens is 206 g/mol. The monoisotopic (exact) mass is 219 g/mol. The van der Waals surface area contributed by atoms with Gasteiger partial charge in [-0.1, -0.05) is 6.07 Å². The van der Waals surface area contributed by atoms with Gasteiger partial charge in [-0.25, -0.2) is 9.36 Å². The van der Waals surface area contributed by atoms with E-state index in [1.807, 2.05) is 13.0 Å². The molecule has 5 heteroatoms. The van der Waals surface area contributed by atoms with Gasteiger partial charge >= 0.3 is 5.69 Å². The van der Waals surface area contributed by atoms with Crippen molar-refractivity contribution in [1.29, 1.82) is 0 Å². The van der Waals surface area contributed by atoms with E-state index in [2.05, 4.69) is 10.3 Å². The third-order valence-corrected chi connectivity index (χ3v) is 2.45. The minimum Gasteiger partial charge on any atom is -0.307 e. The predicted molar refractivity (Wildman–Crippen MR) is 62.6 cm³/mol. The van der Waals surface area contributed by atoms with Crippen LogP contribution in [0, 0.1) is 6.92 Å². The molecule has 0 aliphatic rings. The van der Waals surface area contributed by atoms with Crippen LogP contribution >= 0.6 is 0 Å². The van der Waals surface area contributed by atoms with Crippen LogP contribution in [0.25, 0.3) is 10.9 Å². The topological polar surface area (TPSA) is 66.9 Å². The molecule has 0 saturated carbocycles. The molecule has 1 aromatic carbocycles. The zero-order valence-corrected chi connectivity index (χ0v) is 9.20. The van der Waals surface area contributed by atoms with Crippen molar-refractivity contribution in [3.8, 4) is 0 Å². The van der Waals surface area contributed by atoms with Crippen LogP contribution in [0.2, 0.25) is 0 Å². The van der Waals surface area contributed by atoms with E-state index in [-0.39, 0.29) is 12.2 Å². The zero-order valence-electron chi connectivity index (χ0n) is 9.20. The lowest BCUT2D eigenvalue weighted by Crippen LogP contribution is -2.38. The number of benzene rings is 1. The Hall–Kier alpha value is -1.88. The maximum atomic E-state index is 12.0. The summed E-state index contributed by atoms with van der Waals surface area (Å²) in [6.45, 7) is 2.12. The molecule has 0 unspecified atom stereocenters. The minimum atomic E-state index is -0.391. The van der Waals surface area contributed by atoms with Gasteiger partial charge in [0, 0.05) is 0 Å². The van der Waals surface area contributed by atoms with Gasteiger partial charge in [-0.3, -0.25) is 4.79 Å². The van der Waals surface area contributed by atoms with Gasteiger partial charge in [0.05, 0.1) is 17.6 Å². The number of rotatable bonds is 2. The molecule has 0 atom stereocenters. The molecule has 0 aliphatic heterocycles. The molecule has 2 N–H and O–H groups in total. The van der Waals surface area contributed by atoms with Gasteiger partial charge in [-0.05, 0) is 31.7 Å². The van der Waals surface area contributed by atoms with Gasteiger partial charge in [0.25, 0.3) is 5.56 Å². The van der Waals surface area contributed by atoms with E-state index in [4.69, 9.17) is 0 Å². The molecule has 0 amide bonds. The minimum absolute atomic E-state index is 0.206. The summed E-state index contributed by atoms with van der Waals surface area (Å²) in [5.41, 5.74) is 0.932. The Morgan fingerprint density at radius 3 is 2.81 bits per heavy atom. The maximum absolute atomic E-state index is 12.0. The van der Waals surface area contributed by atoms with E-state index in [0.717, 1.165) is 10.1 Å². The van der Waals surface area contributed by atoms with Crippen LogP contribution in [0.15, 0.2) is 27.8 Å². The molecule has 5 nitrogen and oxygen atoms in total. The highest BCUT2D eigenvalue weighted by Gasteiger charge is 2.06. The Balaban J connectivity index is 2.84. The third-order valence-electron chi connectivity index (χ3n) is 2.45. The molecule has 84 valence electrons. The van der Waals surface area contributed by atoms with Gasteiger partial charge in [0.15, 0.2) is 0 Å². The van der Waals surface area contributed by atoms with Gasteiger partial charge in [-0.2, -0.15) is 0 Å². The van der Waals surface area contributed by atoms with E-state index in [9.17, 15) is 9.59 Å². The van der Waals surface area contributed by atoms with Gasteiger partial charge in [0.1, 0.15) is 0 Å². The average Bonchev–Trinajstić information content (AvgIpc) is 2.23. The van der Waals surface area contributed by atoms with Crippen LogP contribution in [-0.2, 0) is 6.67 Å². The molecular formula is C11H13N3O2. The second-order valence-electron chi connectivity index (χ2n) is 3.72. The molecule has 2 rings (SSSR count). The fourth-order valence-electron chi connectivity index (χ4n) is 1.67. The van der Waals surface area contributed by atoms with Gasteiger partial charge in [0.2, 0.25) is 0 Å². The van der Waals surface area contributed by atoms with Crippen molar-refractivity contribution in [3.05, 3.63) is 44.6 Å². The largest absolute Gasteiger partial charge is 0.329 e. The van der Waals surface area contributed by atoms with Crippen LogP contribution in [-0.4, -0.2) is 16.6 Å². The number of H-pyrrole nitrogens is 1. The van der Waals surface area contributed by atoms with E-state index >= 15 is 0 Å². The maximum Gasteiger partial charge on any atom is 0.329 e. The number of nitrogens with zero attached hydrogens (tertiary/aromatic N) is 1. The van der Waals surface area contributed by atoms with E-state index in [1.54, 1.807) is 19.2 Å². The first-order valence-corrected chi connectivity index (χ1v) is 5.01. The molecule has 0 bridgehead atoms. The lowest BCUT2D eigenvalue weighted by Gasteiger charge is -2.05. The van der Waals surface area contributed by atoms with Crippen molar-refractivity contribution in [3.63, 3.8) is 0 Å². The van der Waals surface area contributed by atoms with Crippen LogP contribution in [0.3, 0.4) is 0 Å². The van der Waals surface area contributed by atoms with Crippen LogP contribution in [0.4, 0.5) is 0 Å². The lowest BCUT2D eigenvalue weighted by atomic mass is 10.2. The number of hydrogen-bond acceptors (Lipinski definition) is 3. The molecule has 0 fully saturated rings. The number of fused-ring (bicyclic) bond motifs is 1. The number of nitrogens with one attached hydrogen (secondary N) is 2. The van der Waals surface area contributed by atoms with Crippen molar-refractivity contribution in [2.45, 2.75) is 13.6 Å². The van der Waals surface area contributed by atoms with Gasteiger partial charge < -0.3 is 10.3 Å². The fraction of sp³-hybridized carbons (Fsp3) is 0.273. The van der Waals surface area contributed by atoms with E-state index in [1.165, 1.54) is 0 Å². The average molecular weight is 219 g/mol. The normalized spacial score (nSPS) is 10.9. The second kappa shape index (κ2) is 3.94. The molecule has 2 aromatic rings.